The van der Waals surface area contributed by atoms with Crippen molar-refractivity contribution in [2.24, 2.45) is 6.98 Å². The molecule has 150 valence electrons. The third-order valence-electron chi connectivity index (χ3n) is 4.48. The zero-order valence-corrected chi connectivity index (χ0v) is 15.7. The Hall–Kier alpha value is -3.01. The Morgan fingerprint density at radius 2 is 2.17 bits per heavy atom. The van der Waals surface area contributed by atoms with Gasteiger partial charge in [0.25, 0.3) is 11.5 Å². The first-order valence-corrected chi connectivity index (χ1v) is 9.04. The van der Waals surface area contributed by atoms with Crippen molar-refractivity contribution < 1.29 is 18.8 Å². The van der Waals surface area contributed by atoms with Crippen molar-refractivity contribution in [1.82, 2.24) is 24.9 Å². The second kappa shape index (κ2) is 7.78. The molecule has 0 spiro atoms. The summed E-state index contributed by atoms with van der Waals surface area (Å²) >= 11 is 5.95. The number of nitrogens with zero attached hydrogens (tertiary/aromatic N) is 4. The number of rotatable bonds is 4. The number of aliphatic hydroxyl groups excluding tert-OH is 1. The van der Waals surface area contributed by atoms with E-state index in [1.807, 2.05) is 0 Å². The number of amides is 1. The van der Waals surface area contributed by atoms with Gasteiger partial charge >= 0.3 is 0 Å². The van der Waals surface area contributed by atoms with Crippen LogP contribution in [0.25, 0.3) is 16.9 Å². The quantitative estimate of drug-likeness (QED) is 0.647. The number of benzene rings is 1. The third-order valence-corrected chi connectivity index (χ3v) is 4.73. The summed E-state index contributed by atoms with van der Waals surface area (Å²) in [6.07, 6.45) is 1.42. The summed E-state index contributed by atoms with van der Waals surface area (Å²) in [5.41, 5.74) is -0.106. The highest BCUT2D eigenvalue weighted by Crippen LogP contribution is 2.20. The van der Waals surface area contributed by atoms with Crippen molar-refractivity contribution in [2.45, 2.75) is 12.1 Å². The van der Waals surface area contributed by atoms with Crippen LogP contribution in [0.4, 0.5) is 0 Å². The Bertz CT molecular complexity index is 1210. The second-order valence-corrected chi connectivity index (χ2v) is 6.93. The number of nitrogens with one attached hydrogen (secondary N) is 1. The standard InChI is InChI=1S/C19H18ClN5O4/c1-24-8-13(7-21-24)25-19(28)14(18(27)22-16-9-29-10-17(16)26)6-15(23-25)11-2-4-12(20)5-3-11/h2-8,16-17,26H,9-10H2,1H3,(H,22,27)/t16-,17-/m1/s1/i1D3. The van der Waals surface area contributed by atoms with Crippen LogP contribution >= 0.6 is 11.6 Å². The summed E-state index contributed by atoms with van der Waals surface area (Å²) in [5, 5.41) is 21.1. The number of carbonyl (C=O) groups is 1. The topological polar surface area (TPSA) is 111 Å². The number of aryl methyl sites for hydroxylation is 1. The maximum atomic E-state index is 13.1. The van der Waals surface area contributed by atoms with Crippen LogP contribution in [0.5, 0.6) is 0 Å². The number of halogens is 1. The molecule has 2 N–H and O–H groups in total. The van der Waals surface area contributed by atoms with E-state index in [9.17, 15) is 14.7 Å². The van der Waals surface area contributed by atoms with Crippen LogP contribution in [0.2, 0.25) is 5.02 Å². The Labute approximate surface area is 174 Å². The molecule has 9 nitrogen and oxygen atoms in total. The van der Waals surface area contributed by atoms with Gasteiger partial charge in [-0.15, -0.1) is 0 Å². The SMILES string of the molecule is [2H]C([2H])([2H])n1cc(-n2nc(-c3ccc(Cl)cc3)cc(C(=O)N[C@@H]3COC[C@H]3O)c2=O)cn1. The molecule has 0 unspecified atom stereocenters. The molecule has 3 aromatic rings. The van der Waals surface area contributed by atoms with Crippen LogP contribution in [-0.2, 0) is 11.7 Å². The smallest absolute Gasteiger partial charge is 0.284 e. The van der Waals surface area contributed by atoms with Gasteiger partial charge < -0.3 is 15.2 Å². The Morgan fingerprint density at radius 1 is 1.38 bits per heavy atom. The number of aromatic nitrogens is 4. The highest BCUT2D eigenvalue weighted by atomic mass is 35.5. The van der Waals surface area contributed by atoms with Gasteiger partial charge in [-0.2, -0.15) is 14.9 Å². The van der Waals surface area contributed by atoms with Gasteiger partial charge in [-0.25, -0.2) is 0 Å². The molecule has 1 aromatic carbocycles. The summed E-state index contributed by atoms with van der Waals surface area (Å²) in [6.45, 7) is -2.36. The normalized spacial score (nSPS) is 20.7. The first-order valence-electron chi connectivity index (χ1n) is 10.2. The first-order chi connectivity index (χ1) is 15.1. The molecular weight excluding hydrogens is 398 g/mol. The van der Waals surface area contributed by atoms with E-state index in [1.165, 1.54) is 12.3 Å². The zero-order chi connectivity index (χ0) is 23.0. The Morgan fingerprint density at radius 3 is 2.83 bits per heavy atom. The molecule has 0 saturated carbocycles. The first kappa shape index (κ1) is 15.9. The Balaban J connectivity index is 1.81. The van der Waals surface area contributed by atoms with E-state index < -0.39 is 30.6 Å². The fourth-order valence-electron chi connectivity index (χ4n) is 2.94. The lowest BCUT2D eigenvalue weighted by Gasteiger charge is -2.15. The fraction of sp³-hybridized carbons (Fsp3) is 0.263. The highest BCUT2D eigenvalue weighted by molar-refractivity contribution is 6.30. The number of aliphatic hydroxyl groups is 1. The van der Waals surface area contributed by atoms with Crippen molar-refractivity contribution in [3.8, 4) is 16.9 Å². The lowest BCUT2D eigenvalue weighted by molar-refractivity contribution is 0.0884. The van der Waals surface area contributed by atoms with Crippen molar-refractivity contribution in [2.75, 3.05) is 13.2 Å². The van der Waals surface area contributed by atoms with Crippen molar-refractivity contribution in [3.05, 3.63) is 63.7 Å². The maximum absolute atomic E-state index is 13.1. The summed E-state index contributed by atoms with van der Waals surface area (Å²) in [6, 6.07) is 7.26. The molecule has 1 amide bonds. The average molecular weight is 419 g/mol. The minimum absolute atomic E-state index is 0.0697. The summed E-state index contributed by atoms with van der Waals surface area (Å²) < 4.78 is 29.2. The van der Waals surface area contributed by atoms with E-state index in [-0.39, 0.29) is 30.2 Å². The highest BCUT2D eigenvalue weighted by Gasteiger charge is 2.29. The van der Waals surface area contributed by atoms with Gasteiger partial charge in [-0.1, -0.05) is 23.7 Å². The molecule has 0 radical (unpaired) electrons. The number of hydrogen-bond donors (Lipinski definition) is 2. The number of hydrogen-bond acceptors (Lipinski definition) is 6. The van der Waals surface area contributed by atoms with Crippen molar-refractivity contribution in [3.63, 3.8) is 0 Å². The molecule has 10 heteroatoms. The molecule has 2 atom stereocenters. The van der Waals surface area contributed by atoms with Gasteiger partial charge in [-0.3, -0.25) is 14.3 Å². The van der Waals surface area contributed by atoms with Crippen LogP contribution in [0.3, 0.4) is 0 Å². The second-order valence-electron chi connectivity index (χ2n) is 6.49. The largest absolute Gasteiger partial charge is 0.388 e. The Kier molecular flexibility index (Phi) is 4.26. The van der Waals surface area contributed by atoms with Crippen molar-refractivity contribution >= 4 is 17.5 Å². The minimum atomic E-state index is -2.55. The fourth-order valence-corrected chi connectivity index (χ4v) is 3.07. The zero-order valence-electron chi connectivity index (χ0n) is 17.9. The molecule has 2 aromatic heterocycles. The molecule has 1 aliphatic rings. The lowest BCUT2D eigenvalue weighted by Crippen LogP contribution is -2.44. The van der Waals surface area contributed by atoms with Gasteiger partial charge in [0.1, 0.15) is 11.3 Å². The van der Waals surface area contributed by atoms with Crippen LogP contribution in [-0.4, -0.2) is 55.9 Å². The van der Waals surface area contributed by atoms with Gasteiger partial charge in [0.05, 0.1) is 43.4 Å². The molecule has 1 aliphatic heterocycles. The third kappa shape index (κ3) is 3.93. The van der Waals surface area contributed by atoms with E-state index in [0.29, 0.717) is 10.6 Å². The summed E-state index contributed by atoms with van der Waals surface area (Å²) in [7, 11) is 0. The molecule has 0 aliphatic carbocycles. The average Bonchev–Trinajstić information content (AvgIpc) is 3.38. The molecular formula is C19H18ClN5O4. The van der Waals surface area contributed by atoms with Gasteiger partial charge in [0, 0.05) is 21.7 Å². The molecule has 4 rings (SSSR count). The number of ether oxygens (including phenoxy) is 1. The van der Waals surface area contributed by atoms with E-state index >= 15 is 0 Å². The van der Waals surface area contributed by atoms with Crippen molar-refractivity contribution in [1.29, 1.82) is 0 Å². The van der Waals surface area contributed by atoms with E-state index in [4.69, 9.17) is 20.5 Å². The predicted molar refractivity (Wildman–Crippen MR) is 105 cm³/mol. The van der Waals surface area contributed by atoms with Gasteiger partial charge in [0.2, 0.25) is 0 Å². The molecule has 1 fully saturated rings. The lowest BCUT2D eigenvalue weighted by atomic mass is 10.1. The molecule has 3 heterocycles. The van der Waals surface area contributed by atoms with E-state index in [1.54, 1.807) is 24.3 Å². The maximum Gasteiger partial charge on any atom is 0.284 e. The van der Waals surface area contributed by atoms with Crippen LogP contribution < -0.4 is 10.9 Å². The molecule has 1 saturated heterocycles. The molecule has 29 heavy (non-hydrogen) atoms. The van der Waals surface area contributed by atoms with Crippen LogP contribution in [0.15, 0.2) is 47.5 Å². The van der Waals surface area contributed by atoms with Crippen LogP contribution in [0.1, 0.15) is 14.5 Å². The summed E-state index contributed by atoms with van der Waals surface area (Å²) in [4.78, 5) is 26.0. The van der Waals surface area contributed by atoms with Gasteiger partial charge in [-0.05, 0) is 18.2 Å². The number of carbonyl (C=O) groups excluding carboxylic acids is 1. The monoisotopic (exact) mass is 418 g/mol. The predicted octanol–water partition coefficient (Wildman–Crippen LogP) is 0.776. The van der Waals surface area contributed by atoms with Gasteiger partial charge in [0.15, 0.2) is 0 Å². The molecule has 0 bridgehead atoms. The van der Waals surface area contributed by atoms with E-state index in [2.05, 4.69) is 15.5 Å². The van der Waals surface area contributed by atoms with E-state index in [0.717, 1.165) is 15.6 Å². The van der Waals surface area contributed by atoms with Crippen LogP contribution in [0, 0.1) is 0 Å². The minimum Gasteiger partial charge on any atom is -0.388 e. The summed E-state index contributed by atoms with van der Waals surface area (Å²) in [5.74, 6) is -0.723.